The lowest BCUT2D eigenvalue weighted by atomic mass is 10.1. The van der Waals surface area contributed by atoms with E-state index >= 15 is 0 Å². The van der Waals surface area contributed by atoms with E-state index in [4.69, 9.17) is 4.74 Å². The second-order valence-electron chi connectivity index (χ2n) is 8.74. The standard InChI is InChI=1S/C23H26N6O5.ClH/c1-26-20-19(21(32)29(23(26)33)12-17(30)14-6-4-3-5-7-14)28(13-18(31)34-2)22(25-20)27-9-8-15-10-24-11-16(15)27;/h3-7,15-16,24H,8-13H2,1-2H3;1H. The van der Waals surface area contributed by atoms with Crippen LogP contribution < -0.4 is 21.5 Å². The number of nitrogens with zero attached hydrogens (tertiary/aromatic N) is 5. The van der Waals surface area contributed by atoms with Crippen LogP contribution in [0.15, 0.2) is 39.9 Å². The van der Waals surface area contributed by atoms with Gasteiger partial charge in [-0.2, -0.15) is 4.98 Å². The van der Waals surface area contributed by atoms with Crippen LogP contribution in [-0.2, 0) is 29.7 Å². The number of carbonyl (C=O) groups excluding carboxylic acids is 2. The summed E-state index contributed by atoms with van der Waals surface area (Å²) in [5.41, 5.74) is -0.634. The average molecular weight is 503 g/mol. The van der Waals surface area contributed by atoms with Crippen molar-refractivity contribution < 1.29 is 14.3 Å². The highest BCUT2D eigenvalue weighted by Crippen LogP contribution is 2.32. The van der Waals surface area contributed by atoms with Crippen molar-refractivity contribution in [1.82, 2.24) is 24.0 Å². The SMILES string of the molecule is COC(=O)Cn1c(N2CCC3CNCC32)nc2c1c(=O)n(CC(=O)c1ccccc1)c(=O)n2C.Cl. The number of anilines is 1. The van der Waals surface area contributed by atoms with E-state index in [1.54, 1.807) is 30.3 Å². The third kappa shape index (κ3) is 4.14. The Labute approximate surface area is 206 Å². The van der Waals surface area contributed by atoms with Gasteiger partial charge < -0.3 is 15.0 Å². The first-order valence-electron chi connectivity index (χ1n) is 11.2. The van der Waals surface area contributed by atoms with Crippen LogP contribution in [0, 0.1) is 5.92 Å². The monoisotopic (exact) mass is 502 g/mol. The average Bonchev–Trinajstić information content (AvgIpc) is 3.56. The van der Waals surface area contributed by atoms with Crippen LogP contribution in [0.2, 0.25) is 0 Å². The first-order chi connectivity index (χ1) is 16.4. The number of benzene rings is 1. The molecular weight excluding hydrogens is 476 g/mol. The quantitative estimate of drug-likeness (QED) is 0.374. The number of hydrogen-bond donors (Lipinski definition) is 1. The van der Waals surface area contributed by atoms with Gasteiger partial charge in [0.25, 0.3) is 5.56 Å². The van der Waals surface area contributed by atoms with Crippen LogP contribution in [-0.4, -0.2) is 63.2 Å². The van der Waals surface area contributed by atoms with Crippen LogP contribution >= 0.6 is 12.4 Å². The van der Waals surface area contributed by atoms with Crippen molar-refractivity contribution in [3.8, 4) is 0 Å². The zero-order chi connectivity index (χ0) is 24.0. The first-order valence-corrected chi connectivity index (χ1v) is 11.2. The van der Waals surface area contributed by atoms with E-state index < -0.39 is 23.8 Å². The molecule has 2 aliphatic heterocycles. The minimum Gasteiger partial charge on any atom is -0.468 e. The highest BCUT2D eigenvalue weighted by Gasteiger charge is 2.40. The molecule has 11 nitrogen and oxygen atoms in total. The van der Waals surface area contributed by atoms with Crippen molar-refractivity contribution in [2.75, 3.05) is 31.6 Å². The summed E-state index contributed by atoms with van der Waals surface area (Å²) in [5, 5.41) is 3.38. The van der Waals surface area contributed by atoms with Crippen LogP contribution in [0.25, 0.3) is 11.2 Å². The van der Waals surface area contributed by atoms with Crippen molar-refractivity contribution in [2.45, 2.75) is 25.6 Å². The molecule has 1 aromatic carbocycles. The van der Waals surface area contributed by atoms with Crippen molar-refractivity contribution in [1.29, 1.82) is 0 Å². The number of fused-ring (bicyclic) bond motifs is 2. The molecule has 35 heavy (non-hydrogen) atoms. The summed E-state index contributed by atoms with van der Waals surface area (Å²) in [5.74, 6) is 0.00465. The van der Waals surface area contributed by atoms with Gasteiger partial charge in [0, 0.05) is 38.3 Å². The Hall–Kier alpha value is -3.44. The molecule has 5 rings (SSSR count). The number of aryl methyl sites for hydroxylation is 1. The summed E-state index contributed by atoms with van der Waals surface area (Å²) in [6.07, 6.45) is 0.966. The number of halogens is 1. The van der Waals surface area contributed by atoms with Gasteiger partial charge in [-0.25, -0.2) is 4.79 Å². The van der Waals surface area contributed by atoms with Crippen molar-refractivity contribution >= 4 is 41.3 Å². The van der Waals surface area contributed by atoms with Gasteiger partial charge >= 0.3 is 11.7 Å². The summed E-state index contributed by atoms with van der Waals surface area (Å²) >= 11 is 0. The van der Waals surface area contributed by atoms with Crippen LogP contribution in [0.3, 0.4) is 0 Å². The minimum atomic E-state index is -0.662. The van der Waals surface area contributed by atoms with Gasteiger partial charge in [-0.15, -0.1) is 12.4 Å². The Bertz CT molecular complexity index is 1400. The number of imidazole rings is 1. The van der Waals surface area contributed by atoms with Crippen molar-refractivity contribution in [3.05, 3.63) is 56.7 Å². The lowest BCUT2D eigenvalue weighted by Crippen LogP contribution is -2.41. The third-order valence-electron chi connectivity index (χ3n) is 6.83. The Kier molecular flexibility index (Phi) is 6.82. The minimum absolute atomic E-state index is 0. The molecule has 2 saturated heterocycles. The predicted molar refractivity (Wildman–Crippen MR) is 131 cm³/mol. The predicted octanol–water partition coefficient (Wildman–Crippen LogP) is 0.173. The number of Topliss-reactive ketones (excluding diaryl/α,β-unsaturated/α-hetero) is 1. The maximum atomic E-state index is 13.6. The Morgan fingerprint density at radius 2 is 1.86 bits per heavy atom. The first kappa shape index (κ1) is 24.7. The summed E-state index contributed by atoms with van der Waals surface area (Å²) in [6.45, 7) is 1.77. The number of carbonyl (C=O) groups is 2. The molecule has 2 unspecified atom stereocenters. The van der Waals surface area contributed by atoms with E-state index in [0.717, 1.165) is 30.6 Å². The largest absolute Gasteiger partial charge is 0.468 e. The fraction of sp³-hybridized carbons (Fsp3) is 0.435. The smallest absolute Gasteiger partial charge is 0.332 e. The third-order valence-corrected chi connectivity index (χ3v) is 6.83. The Balaban J connectivity index is 0.00000289. The van der Waals surface area contributed by atoms with Crippen LogP contribution in [0.4, 0.5) is 5.95 Å². The van der Waals surface area contributed by atoms with Crippen molar-refractivity contribution in [3.63, 3.8) is 0 Å². The maximum Gasteiger partial charge on any atom is 0.332 e. The molecule has 3 aromatic rings. The molecule has 0 bridgehead atoms. The summed E-state index contributed by atoms with van der Waals surface area (Å²) in [4.78, 5) is 58.5. The van der Waals surface area contributed by atoms with Crippen LogP contribution in [0.5, 0.6) is 0 Å². The number of aromatic nitrogens is 4. The highest BCUT2D eigenvalue weighted by atomic mass is 35.5. The molecule has 2 atom stereocenters. The van der Waals surface area contributed by atoms with Gasteiger partial charge in [-0.05, 0) is 12.3 Å². The van der Waals surface area contributed by atoms with Gasteiger partial charge in [0.2, 0.25) is 5.95 Å². The zero-order valence-electron chi connectivity index (χ0n) is 19.5. The Morgan fingerprint density at radius 3 is 2.57 bits per heavy atom. The van der Waals surface area contributed by atoms with Gasteiger partial charge in [-0.3, -0.25) is 28.1 Å². The normalized spacial score (nSPS) is 19.0. The summed E-state index contributed by atoms with van der Waals surface area (Å²) in [7, 11) is 2.79. The molecule has 0 aliphatic carbocycles. The molecule has 12 heteroatoms. The van der Waals surface area contributed by atoms with Gasteiger partial charge in [0.05, 0.1) is 13.7 Å². The second kappa shape index (κ2) is 9.67. The van der Waals surface area contributed by atoms with E-state index in [2.05, 4.69) is 15.2 Å². The lowest BCUT2D eigenvalue weighted by molar-refractivity contribution is -0.141. The fourth-order valence-electron chi connectivity index (χ4n) is 5.02. The Morgan fingerprint density at radius 1 is 1.11 bits per heavy atom. The molecule has 2 fully saturated rings. The number of hydrogen-bond acceptors (Lipinski definition) is 8. The topological polar surface area (TPSA) is 120 Å². The van der Waals surface area contributed by atoms with E-state index in [1.807, 2.05) is 0 Å². The number of ketones is 1. The number of rotatable bonds is 6. The molecule has 2 aromatic heterocycles. The van der Waals surface area contributed by atoms with Crippen molar-refractivity contribution in [2.24, 2.45) is 13.0 Å². The van der Waals surface area contributed by atoms with E-state index in [9.17, 15) is 19.2 Å². The van der Waals surface area contributed by atoms with Crippen LogP contribution in [0.1, 0.15) is 16.8 Å². The van der Waals surface area contributed by atoms with E-state index in [1.165, 1.54) is 23.3 Å². The number of esters is 1. The molecule has 2 aliphatic rings. The molecule has 0 spiro atoms. The zero-order valence-corrected chi connectivity index (χ0v) is 20.3. The fourth-order valence-corrected chi connectivity index (χ4v) is 5.02. The maximum absolute atomic E-state index is 13.6. The number of methoxy groups -OCH3 is 1. The van der Waals surface area contributed by atoms with Gasteiger partial charge in [0.1, 0.15) is 6.54 Å². The van der Waals surface area contributed by atoms with E-state index in [-0.39, 0.29) is 41.9 Å². The highest BCUT2D eigenvalue weighted by molar-refractivity contribution is 5.96. The van der Waals surface area contributed by atoms with Gasteiger partial charge in [0.15, 0.2) is 16.9 Å². The number of nitrogens with one attached hydrogen (secondary N) is 1. The molecule has 0 amide bonds. The second-order valence-corrected chi connectivity index (χ2v) is 8.74. The van der Waals surface area contributed by atoms with Gasteiger partial charge in [-0.1, -0.05) is 30.3 Å². The molecular formula is C23H27ClN6O5. The molecule has 1 N–H and O–H groups in total. The molecule has 0 radical (unpaired) electrons. The summed E-state index contributed by atoms with van der Waals surface area (Å²) < 4.78 is 8.55. The molecule has 186 valence electrons. The summed E-state index contributed by atoms with van der Waals surface area (Å²) in [6, 6.07) is 8.67. The number of ether oxygens (including phenoxy) is 1. The van der Waals surface area contributed by atoms with E-state index in [0.29, 0.717) is 17.4 Å². The molecule has 0 saturated carbocycles. The molecule has 4 heterocycles. The lowest BCUT2D eigenvalue weighted by Gasteiger charge is -2.25.